The summed E-state index contributed by atoms with van der Waals surface area (Å²) in [5.41, 5.74) is 0. The zero-order chi connectivity index (χ0) is 15.8. The minimum Gasteiger partial charge on any atom is -0.394 e. The van der Waals surface area contributed by atoms with E-state index >= 15 is 0 Å². The Kier molecular flexibility index (Phi) is 6.39. The number of aliphatic hydroxyl groups excluding tert-OH is 1. The SMILES string of the molecule is CCCNC(=O)CCNc1cc(N2CCCC2CO)ncn1. The highest BCUT2D eigenvalue weighted by atomic mass is 16.3. The summed E-state index contributed by atoms with van der Waals surface area (Å²) in [6.45, 7) is 4.33. The van der Waals surface area contributed by atoms with Crippen molar-refractivity contribution in [3.8, 4) is 0 Å². The molecule has 7 heteroatoms. The molecule has 0 radical (unpaired) electrons. The van der Waals surface area contributed by atoms with Crippen molar-refractivity contribution in [1.82, 2.24) is 15.3 Å². The summed E-state index contributed by atoms with van der Waals surface area (Å²) < 4.78 is 0. The predicted molar refractivity (Wildman–Crippen MR) is 85.9 cm³/mol. The van der Waals surface area contributed by atoms with Gasteiger partial charge in [0.1, 0.15) is 18.0 Å². The Balaban J connectivity index is 1.85. The van der Waals surface area contributed by atoms with Crippen LogP contribution in [0.25, 0.3) is 0 Å². The van der Waals surface area contributed by atoms with Crippen molar-refractivity contribution in [3.63, 3.8) is 0 Å². The second kappa shape index (κ2) is 8.53. The lowest BCUT2D eigenvalue weighted by molar-refractivity contribution is -0.120. The molecule has 122 valence electrons. The van der Waals surface area contributed by atoms with E-state index in [9.17, 15) is 9.90 Å². The maximum atomic E-state index is 11.5. The van der Waals surface area contributed by atoms with Gasteiger partial charge < -0.3 is 20.6 Å². The largest absolute Gasteiger partial charge is 0.394 e. The third kappa shape index (κ3) is 4.56. The average Bonchev–Trinajstić information content (AvgIpc) is 3.02. The summed E-state index contributed by atoms with van der Waals surface area (Å²) in [5, 5.41) is 15.4. The number of hydrogen-bond donors (Lipinski definition) is 3. The van der Waals surface area contributed by atoms with Gasteiger partial charge >= 0.3 is 0 Å². The van der Waals surface area contributed by atoms with Gasteiger partial charge in [0.25, 0.3) is 0 Å². The van der Waals surface area contributed by atoms with Crippen LogP contribution in [-0.2, 0) is 4.79 Å². The molecule has 1 aromatic rings. The first-order valence-electron chi connectivity index (χ1n) is 7.94. The number of nitrogens with zero attached hydrogens (tertiary/aromatic N) is 3. The highest BCUT2D eigenvalue weighted by Crippen LogP contribution is 2.24. The number of amides is 1. The minimum absolute atomic E-state index is 0.0449. The van der Waals surface area contributed by atoms with Crippen LogP contribution in [0.1, 0.15) is 32.6 Å². The second-order valence-corrected chi connectivity index (χ2v) is 5.46. The molecule has 22 heavy (non-hydrogen) atoms. The lowest BCUT2D eigenvalue weighted by Gasteiger charge is -2.24. The predicted octanol–water partition coefficient (Wildman–Crippen LogP) is 0.766. The number of nitrogens with one attached hydrogen (secondary N) is 2. The van der Waals surface area contributed by atoms with E-state index in [1.807, 2.05) is 13.0 Å². The van der Waals surface area contributed by atoms with Crippen LogP contribution in [0, 0.1) is 0 Å². The lowest BCUT2D eigenvalue weighted by atomic mass is 10.2. The van der Waals surface area contributed by atoms with E-state index in [1.165, 1.54) is 6.33 Å². The lowest BCUT2D eigenvalue weighted by Crippen LogP contribution is -2.32. The number of carbonyl (C=O) groups is 1. The van der Waals surface area contributed by atoms with E-state index in [0.29, 0.717) is 25.3 Å². The van der Waals surface area contributed by atoms with Crippen molar-refractivity contribution in [2.45, 2.75) is 38.6 Å². The fourth-order valence-electron chi connectivity index (χ4n) is 2.58. The fourth-order valence-corrected chi connectivity index (χ4v) is 2.58. The molecule has 1 aliphatic heterocycles. The molecule has 7 nitrogen and oxygen atoms in total. The molecule has 1 aromatic heterocycles. The number of rotatable bonds is 8. The van der Waals surface area contributed by atoms with Gasteiger partial charge in [0.15, 0.2) is 0 Å². The van der Waals surface area contributed by atoms with Gasteiger partial charge in [-0.15, -0.1) is 0 Å². The number of aromatic nitrogens is 2. The number of hydrogen-bond acceptors (Lipinski definition) is 6. The van der Waals surface area contributed by atoms with Gasteiger partial charge in [-0.3, -0.25) is 4.79 Å². The Hall–Kier alpha value is -1.89. The Labute approximate surface area is 131 Å². The van der Waals surface area contributed by atoms with Gasteiger partial charge in [-0.05, 0) is 19.3 Å². The van der Waals surface area contributed by atoms with Crippen LogP contribution in [0.5, 0.6) is 0 Å². The highest BCUT2D eigenvalue weighted by Gasteiger charge is 2.25. The standard InChI is InChI=1S/C15H25N5O2/c1-2-6-17-15(22)5-7-16-13-9-14(19-11-18-13)20-8-3-4-12(20)10-21/h9,11-12,21H,2-8,10H2,1H3,(H,17,22)(H,16,18,19). The molecule has 2 heterocycles. The van der Waals surface area contributed by atoms with Crippen LogP contribution in [0.4, 0.5) is 11.6 Å². The van der Waals surface area contributed by atoms with Crippen molar-refractivity contribution in [1.29, 1.82) is 0 Å². The summed E-state index contributed by atoms with van der Waals surface area (Å²) >= 11 is 0. The zero-order valence-corrected chi connectivity index (χ0v) is 13.1. The highest BCUT2D eigenvalue weighted by molar-refractivity contribution is 5.76. The summed E-state index contributed by atoms with van der Waals surface area (Å²) in [5.74, 6) is 1.57. The molecule has 1 aliphatic rings. The fraction of sp³-hybridized carbons (Fsp3) is 0.667. The molecule has 2 rings (SSSR count). The Bertz CT molecular complexity index is 483. The summed E-state index contributed by atoms with van der Waals surface area (Å²) in [4.78, 5) is 22.1. The summed E-state index contributed by atoms with van der Waals surface area (Å²) in [6.07, 6.45) is 4.93. The van der Waals surface area contributed by atoms with Crippen molar-refractivity contribution in [2.24, 2.45) is 0 Å². The maximum Gasteiger partial charge on any atom is 0.221 e. The van der Waals surface area contributed by atoms with Gasteiger partial charge in [0, 0.05) is 32.1 Å². The van der Waals surface area contributed by atoms with E-state index < -0.39 is 0 Å². The minimum atomic E-state index is 0.0449. The number of carbonyl (C=O) groups excluding carboxylic acids is 1. The first-order valence-corrected chi connectivity index (χ1v) is 7.94. The number of aliphatic hydroxyl groups is 1. The third-order valence-corrected chi connectivity index (χ3v) is 3.77. The van der Waals surface area contributed by atoms with Crippen LogP contribution >= 0.6 is 0 Å². The summed E-state index contributed by atoms with van der Waals surface area (Å²) in [7, 11) is 0. The normalized spacial score (nSPS) is 17.5. The quantitative estimate of drug-likeness (QED) is 0.657. The first kappa shape index (κ1) is 16.5. The Morgan fingerprint density at radius 2 is 2.32 bits per heavy atom. The van der Waals surface area contributed by atoms with Crippen molar-refractivity contribution in [2.75, 3.05) is 36.5 Å². The smallest absolute Gasteiger partial charge is 0.221 e. The van der Waals surface area contributed by atoms with Gasteiger partial charge in [0.2, 0.25) is 5.91 Å². The molecule has 0 saturated carbocycles. The van der Waals surface area contributed by atoms with Gasteiger partial charge in [0.05, 0.1) is 12.6 Å². The molecule has 1 fully saturated rings. The van der Waals surface area contributed by atoms with Crippen molar-refractivity contribution in [3.05, 3.63) is 12.4 Å². The van der Waals surface area contributed by atoms with Crippen LogP contribution in [0.15, 0.2) is 12.4 Å². The van der Waals surface area contributed by atoms with Gasteiger partial charge in [-0.1, -0.05) is 6.92 Å². The Morgan fingerprint density at radius 3 is 3.09 bits per heavy atom. The van der Waals surface area contributed by atoms with E-state index in [-0.39, 0.29) is 18.6 Å². The van der Waals surface area contributed by atoms with Crippen molar-refractivity contribution < 1.29 is 9.90 Å². The molecule has 0 aliphatic carbocycles. The van der Waals surface area contributed by atoms with Gasteiger partial charge in [-0.25, -0.2) is 9.97 Å². The molecular formula is C15H25N5O2. The van der Waals surface area contributed by atoms with Crippen LogP contribution < -0.4 is 15.5 Å². The zero-order valence-electron chi connectivity index (χ0n) is 13.1. The molecule has 1 saturated heterocycles. The molecule has 1 amide bonds. The van der Waals surface area contributed by atoms with Crippen LogP contribution in [-0.4, -0.2) is 53.3 Å². The van der Waals surface area contributed by atoms with Crippen LogP contribution in [0.3, 0.4) is 0 Å². The molecule has 0 bridgehead atoms. The summed E-state index contributed by atoms with van der Waals surface area (Å²) in [6, 6.07) is 2.01. The average molecular weight is 307 g/mol. The van der Waals surface area contributed by atoms with E-state index in [4.69, 9.17) is 0 Å². The Morgan fingerprint density at radius 1 is 1.45 bits per heavy atom. The second-order valence-electron chi connectivity index (χ2n) is 5.46. The molecule has 1 atom stereocenters. The van der Waals surface area contributed by atoms with E-state index in [0.717, 1.165) is 31.6 Å². The van der Waals surface area contributed by atoms with Crippen LogP contribution in [0.2, 0.25) is 0 Å². The molecular weight excluding hydrogens is 282 g/mol. The monoisotopic (exact) mass is 307 g/mol. The van der Waals surface area contributed by atoms with E-state index in [2.05, 4.69) is 25.5 Å². The van der Waals surface area contributed by atoms with Crippen molar-refractivity contribution >= 4 is 17.5 Å². The maximum absolute atomic E-state index is 11.5. The third-order valence-electron chi connectivity index (χ3n) is 3.77. The topological polar surface area (TPSA) is 90.4 Å². The molecule has 1 unspecified atom stereocenters. The molecule has 0 spiro atoms. The van der Waals surface area contributed by atoms with E-state index in [1.54, 1.807) is 0 Å². The number of anilines is 2. The molecule has 3 N–H and O–H groups in total. The molecule has 0 aromatic carbocycles. The van der Waals surface area contributed by atoms with Gasteiger partial charge in [-0.2, -0.15) is 0 Å². The first-order chi connectivity index (χ1) is 10.7.